The van der Waals surface area contributed by atoms with Gasteiger partial charge in [0.15, 0.2) is 0 Å². The monoisotopic (exact) mass is 264 g/mol. The first-order chi connectivity index (χ1) is 8.78. The van der Waals surface area contributed by atoms with E-state index in [2.05, 4.69) is 38.4 Å². The van der Waals surface area contributed by atoms with E-state index in [1.54, 1.807) is 11.3 Å². The fourth-order valence-electron chi connectivity index (χ4n) is 1.81. The van der Waals surface area contributed by atoms with E-state index in [4.69, 9.17) is 0 Å². The van der Waals surface area contributed by atoms with E-state index in [1.165, 1.54) is 6.42 Å². The molecule has 0 bridgehead atoms. The average molecular weight is 264 g/mol. The predicted octanol–water partition coefficient (Wildman–Crippen LogP) is 2.24. The third-order valence-corrected chi connectivity index (χ3v) is 3.50. The van der Waals surface area contributed by atoms with Gasteiger partial charge in [-0.15, -0.1) is 11.3 Å². The molecular formula is C13H20N4S. The highest BCUT2D eigenvalue weighted by Gasteiger charge is 2.02. The number of rotatable bonds is 7. The van der Waals surface area contributed by atoms with Crippen LogP contribution in [0.2, 0.25) is 0 Å². The molecule has 0 spiro atoms. The number of aromatic nitrogens is 3. The summed E-state index contributed by atoms with van der Waals surface area (Å²) < 4.78 is 2.10. The molecule has 0 aliphatic rings. The van der Waals surface area contributed by atoms with Gasteiger partial charge in [0, 0.05) is 24.5 Å². The van der Waals surface area contributed by atoms with Crippen molar-refractivity contribution in [2.45, 2.75) is 33.2 Å². The zero-order valence-electron chi connectivity index (χ0n) is 11.0. The molecule has 18 heavy (non-hydrogen) atoms. The van der Waals surface area contributed by atoms with Crippen LogP contribution < -0.4 is 5.32 Å². The first-order valence-electron chi connectivity index (χ1n) is 6.40. The Morgan fingerprint density at radius 3 is 2.94 bits per heavy atom. The minimum Gasteiger partial charge on any atom is -0.331 e. The van der Waals surface area contributed by atoms with Gasteiger partial charge < -0.3 is 9.88 Å². The molecular weight excluding hydrogens is 244 g/mol. The van der Waals surface area contributed by atoms with Gasteiger partial charge in [0.25, 0.3) is 0 Å². The molecule has 0 amide bonds. The van der Waals surface area contributed by atoms with Crippen LogP contribution in [0.3, 0.4) is 0 Å². The van der Waals surface area contributed by atoms with Crippen LogP contribution in [-0.2, 0) is 13.0 Å². The number of thiazole rings is 1. The summed E-state index contributed by atoms with van der Waals surface area (Å²) in [6.07, 6.45) is 6.17. The Hall–Kier alpha value is -1.20. The van der Waals surface area contributed by atoms with Crippen molar-refractivity contribution in [3.63, 3.8) is 0 Å². The summed E-state index contributed by atoms with van der Waals surface area (Å²) in [5.41, 5.74) is 2.26. The molecule has 0 radical (unpaired) electrons. The fourth-order valence-corrected chi connectivity index (χ4v) is 2.41. The van der Waals surface area contributed by atoms with Gasteiger partial charge in [-0.25, -0.2) is 9.97 Å². The second-order valence-corrected chi connectivity index (χ2v) is 5.46. The Bertz CT molecular complexity index is 475. The highest BCUT2D eigenvalue weighted by atomic mass is 32.1. The molecule has 0 unspecified atom stereocenters. The molecule has 5 heteroatoms. The molecule has 0 aliphatic carbocycles. The second kappa shape index (κ2) is 6.66. The van der Waals surface area contributed by atoms with Gasteiger partial charge in [0.1, 0.15) is 0 Å². The van der Waals surface area contributed by atoms with E-state index in [-0.39, 0.29) is 0 Å². The molecule has 0 saturated carbocycles. The maximum Gasteiger partial charge on any atom is 0.0953 e. The maximum absolute atomic E-state index is 4.46. The van der Waals surface area contributed by atoms with Crippen molar-refractivity contribution in [2.24, 2.45) is 0 Å². The summed E-state index contributed by atoms with van der Waals surface area (Å²) in [5.74, 6) is 0. The number of aryl methyl sites for hydroxylation is 1. The first kappa shape index (κ1) is 13.2. The molecule has 2 aromatic rings. The summed E-state index contributed by atoms with van der Waals surface area (Å²) in [4.78, 5) is 8.87. The van der Waals surface area contributed by atoms with E-state index >= 15 is 0 Å². The van der Waals surface area contributed by atoms with E-state index in [0.717, 1.165) is 42.5 Å². The van der Waals surface area contributed by atoms with Crippen molar-refractivity contribution in [3.8, 4) is 0 Å². The fraction of sp³-hybridized carbons (Fsp3) is 0.538. The Balaban J connectivity index is 1.82. The lowest BCUT2D eigenvalue weighted by Gasteiger charge is -2.00. The molecule has 0 aliphatic heterocycles. The van der Waals surface area contributed by atoms with Crippen LogP contribution in [-0.4, -0.2) is 27.6 Å². The second-order valence-electron chi connectivity index (χ2n) is 4.40. The Morgan fingerprint density at radius 2 is 2.22 bits per heavy atom. The Morgan fingerprint density at radius 1 is 1.33 bits per heavy atom. The summed E-state index contributed by atoms with van der Waals surface area (Å²) in [6.45, 7) is 7.11. The lowest BCUT2D eigenvalue weighted by Crippen LogP contribution is -2.17. The van der Waals surface area contributed by atoms with Crippen LogP contribution >= 0.6 is 11.3 Å². The predicted molar refractivity (Wildman–Crippen MR) is 75.0 cm³/mol. The highest BCUT2D eigenvalue weighted by molar-refractivity contribution is 7.09. The van der Waals surface area contributed by atoms with Crippen LogP contribution in [0.15, 0.2) is 17.9 Å². The van der Waals surface area contributed by atoms with Crippen molar-refractivity contribution in [1.82, 2.24) is 19.9 Å². The smallest absolute Gasteiger partial charge is 0.0953 e. The molecule has 0 saturated heterocycles. The van der Waals surface area contributed by atoms with E-state index in [1.807, 2.05) is 13.3 Å². The van der Waals surface area contributed by atoms with Gasteiger partial charge in [0.2, 0.25) is 0 Å². The third kappa shape index (κ3) is 3.92. The number of hydrogen-bond acceptors (Lipinski definition) is 4. The lowest BCUT2D eigenvalue weighted by atomic mass is 10.3. The standard InChI is InChI=1S/C13H20N4S/c1-3-5-14-6-4-12-7-17(10-15-12)8-13-9-18-11(2)16-13/h7,9-10,14H,3-6,8H2,1-2H3. The zero-order chi connectivity index (χ0) is 12.8. The van der Waals surface area contributed by atoms with Crippen LogP contribution in [0.5, 0.6) is 0 Å². The third-order valence-electron chi connectivity index (χ3n) is 2.68. The summed E-state index contributed by atoms with van der Waals surface area (Å²) in [6, 6.07) is 0. The van der Waals surface area contributed by atoms with Gasteiger partial charge in [-0.3, -0.25) is 0 Å². The normalized spacial score (nSPS) is 11.0. The van der Waals surface area contributed by atoms with Crippen molar-refractivity contribution in [2.75, 3.05) is 13.1 Å². The van der Waals surface area contributed by atoms with Gasteiger partial charge >= 0.3 is 0 Å². The largest absolute Gasteiger partial charge is 0.331 e. The first-order valence-corrected chi connectivity index (χ1v) is 7.28. The molecule has 2 heterocycles. The molecule has 0 aromatic carbocycles. The van der Waals surface area contributed by atoms with E-state index < -0.39 is 0 Å². The zero-order valence-corrected chi connectivity index (χ0v) is 11.8. The van der Waals surface area contributed by atoms with Crippen LogP contribution in [0.25, 0.3) is 0 Å². The van der Waals surface area contributed by atoms with Gasteiger partial charge in [0.05, 0.1) is 29.3 Å². The lowest BCUT2D eigenvalue weighted by molar-refractivity contribution is 0.666. The van der Waals surface area contributed by atoms with Crippen molar-refractivity contribution in [1.29, 1.82) is 0 Å². The molecule has 0 fully saturated rings. The SMILES string of the molecule is CCCNCCc1cn(Cc2csc(C)n2)cn1. The number of hydrogen-bond donors (Lipinski definition) is 1. The quantitative estimate of drug-likeness (QED) is 0.780. The van der Waals surface area contributed by atoms with E-state index in [9.17, 15) is 0 Å². The highest BCUT2D eigenvalue weighted by Crippen LogP contribution is 2.09. The number of imidazole rings is 1. The summed E-state index contributed by atoms with van der Waals surface area (Å²) in [5, 5.41) is 6.61. The minimum absolute atomic E-state index is 0.819. The molecule has 0 atom stereocenters. The van der Waals surface area contributed by atoms with Gasteiger partial charge in [-0.1, -0.05) is 6.92 Å². The average Bonchev–Trinajstić information content (AvgIpc) is 2.95. The number of nitrogens with one attached hydrogen (secondary N) is 1. The Labute approximate surface area is 112 Å². The molecule has 1 N–H and O–H groups in total. The van der Waals surface area contributed by atoms with Gasteiger partial charge in [-0.2, -0.15) is 0 Å². The topological polar surface area (TPSA) is 42.7 Å². The van der Waals surface area contributed by atoms with Crippen LogP contribution in [0.4, 0.5) is 0 Å². The van der Waals surface area contributed by atoms with Crippen molar-refractivity contribution >= 4 is 11.3 Å². The minimum atomic E-state index is 0.819. The van der Waals surface area contributed by atoms with Crippen molar-refractivity contribution < 1.29 is 0 Å². The summed E-state index contributed by atoms with van der Waals surface area (Å²) >= 11 is 1.69. The summed E-state index contributed by atoms with van der Waals surface area (Å²) in [7, 11) is 0. The Kier molecular flexibility index (Phi) is 4.90. The van der Waals surface area contributed by atoms with E-state index in [0.29, 0.717) is 0 Å². The van der Waals surface area contributed by atoms with Crippen LogP contribution in [0, 0.1) is 6.92 Å². The number of nitrogens with zero attached hydrogens (tertiary/aromatic N) is 3. The maximum atomic E-state index is 4.46. The molecule has 98 valence electrons. The molecule has 4 nitrogen and oxygen atoms in total. The molecule has 2 rings (SSSR count). The van der Waals surface area contributed by atoms with Crippen molar-refractivity contribution in [3.05, 3.63) is 34.3 Å². The van der Waals surface area contributed by atoms with Gasteiger partial charge in [-0.05, 0) is 19.9 Å². The molecule has 2 aromatic heterocycles. The van der Waals surface area contributed by atoms with Crippen LogP contribution in [0.1, 0.15) is 29.7 Å².